The van der Waals surface area contributed by atoms with Crippen LogP contribution >= 0.6 is 0 Å². The van der Waals surface area contributed by atoms with Crippen LogP contribution in [0.25, 0.3) is 0 Å². The fraction of sp³-hybridized carbons (Fsp3) is 0.200. The molecule has 0 aliphatic rings. The average molecular weight is 290 g/mol. The Morgan fingerprint density at radius 3 is 2.52 bits per heavy atom. The highest BCUT2D eigenvalue weighted by atomic mass is 19.1. The number of hydrogen-bond donors (Lipinski definition) is 1. The number of nitrogens with zero attached hydrogens (tertiary/aromatic N) is 1. The van der Waals surface area contributed by atoms with Crippen molar-refractivity contribution in [1.82, 2.24) is 0 Å². The molecule has 6 heteroatoms. The fourth-order valence-corrected chi connectivity index (χ4v) is 1.88. The highest BCUT2D eigenvalue weighted by Crippen LogP contribution is 2.26. The van der Waals surface area contributed by atoms with Gasteiger partial charge in [-0.3, -0.25) is 10.1 Å². The van der Waals surface area contributed by atoms with Crippen molar-refractivity contribution in [3.05, 3.63) is 69.5 Å². The molecular formula is C15H15FN2O3. The molecule has 110 valence electrons. The van der Waals surface area contributed by atoms with Crippen molar-refractivity contribution in [2.75, 3.05) is 0 Å². The van der Waals surface area contributed by atoms with Gasteiger partial charge < -0.3 is 10.5 Å². The molecule has 2 rings (SSSR count). The maximum atomic E-state index is 13.3. The van der Waals surface area contributed by atoms with Gasteiger partial charge in [0.2, 0.25) is 0 Å². The first-order valence-electron chi connectivity index (χ1n) is 6.38. The SMILES string of the molecule is CC(N)c1ccc(F)cc1OCc1ccc([N+](=O)[O-])cc1. The summed E-state index contributed by atoms with van der Waals surface area (Å²) in [4.78, 5) is 10.1. The van der Waals surface area contributed by atoms with Crippen LogP contribution in [0.4, 0.5) is 10.1 Å². The summed E-state index contributed by atoms with van der Waals surface area (Å²) in [6.07, 6.45) is 0. The number of hydrogen-bond acceptors (Lipinski definition) is 4. The molecule has 1 unspecified atom stereocenters. The topological polar surface area (TPSA) is 78.4 Å². The van der Waals surface area contributed by atoms with Crippen molar-refractivity contribution in [3.63, 3.8) is 0 Å². The van der Waals surface area contributed by atoms with E-state index in [9.17, 15) is 14.5 Å². The van der Waals surface area contributed by atoms with Gasteiger partial charge in [-0.25, -0.2) is 4.39 Å². The van der Waals surface area contributed by atoms with Gasteiger partial charge in [0.1, 0.15) is 18.2 Å². The molecule has 2 aromatic carbocycles. The van der Waals surface area contributed by atoms with Gasteiger partial charge in [-0.15, -0.1) is 0 Å². The molecule has 0 spiro atoms. The lowest BCUT2D eigenvalue weighted by molar-refractivity contribution is -0.384. The molecule has 2 N–H and O–H groups in total. The summed E-state index contributed by atoms with van der Waals surface area (Å²) in [6, 6.07) is 9.92. The Bertz CT molecular complexity index is 642. The minimum absolute atomic E-state index is 0.0146. The number of nitro groups is 1. The molecule has 21 heavy (non-hydrogen) atoms. The van der Waals surface area contributed by atoms with Crippen LogP contribution in [0.15, 0.2) is 42.5 Å². The second-order valence-electron chi connectivity index (χ2n) is 4.68. The second-order valence-corrected chi connectivity index (χ2v) is 4.68. The van der Waals surface area contributed by atoms with Gasteiger partial charge in [-0.05, 0) is 30.7 Å². The molecule has 0 bridgehead atoms. The van der Waals surface area contributed by atoms with Crippen molar-refractivity contribution >= 4 is 5.69 Å². The zero-order chi connectivity index (χ0) is 15.4. The molecule has 0 saturated carbocycles. The van der Waals surface area contributed by atoms with E-state index in [1.807, 2.05) is 0 Å². The Kier molecular flexibility index (Phi) is 4.49. The third-order valence-corrected chi connectivity index (χ3v) is 3.01. The van der Waals surface area contributed by atoms with Gasteiger partial charge in [0, 0.05) is 29.8 Å². The number of rotatable bonds is 5. The van der Waals surface area contributed by atoms with Crippen LogP contribution in [0.5, 0.6) is 5.75 Å². The van der Waals surface area contributed by atoms with Gasteiger partial charge in [0.15, 0.2) is 0 Å². The fourth-order valence-electron chi connectivity index (χ4n) is 1.88. The molecule has 2 aromatic rings. The molecule has 0 saturated heterocycles. The summed E-state index contributed by atoms with van der Waals surface area (Å²) in [7, 11) is 0. The Morgan fingerprint density at radius 1 is 1.29 bits per heavy atom. The molecule has 5 nitrogen and oxygen atoms in total. The van der Waals surface area contributed by atoms with Gasteiger partial charge in [0.05, 0.1) is 4.92 Å². The van der Waals surface area contributed by atoms with E-state index in [0.29, 0.717) is 11.3 Å². The molecular weight excluding hydrogens is 275 g/mol. The standard InChI is InChI=1S/C15H15FN2O3/c1-10(17)14-7-4-12(16)8-15(14)21-9-11-2-5-13(6-3-11)18(19)20/h2-8,10H,9,17H2,1H3. The number of benzene rings is 2. The Labute approximate surface area is 121 Å². The highest BCUT2D eigenvalue weighted by molar-refractivity contribution is 5.37. The van der Waals surface area contributed by atoms with E-state index < -0.39 is 10.7 Å². The first-order chi connectivity index (χ1) is 9.97. The van der Waals surface area contributed by atoms with Crippen LogP contribution in [-0.4, -0.2) is 4.92 Å². The normalized spacial score (nSPS) is 12.0. The third kappa shape index (κ3) is 3.76. The van der Waals surface area contributed by atoms with Crippen LogP contribution in [-0.2, 0) is 6.61 Å². The van der Waals surface area contributed by atoms with Crippen molar-refractivity contribution in [2.24, 2.45) is 5.73 Å². The molecule has 0 heterocycles. The molecule has 0 amide bonds. The summed E-state index contributed by atoms with van der Waals surface area (Å²) in [6.45, 7) is 1.97. The summed E-state index contributed by atoms with van der Waals surface area (Å²) >= 11 is 0. The van der Waals surface area contributed by atoms with Gasteiger partial charge in [0.25, 0.3) is 5.69 Å². The molecule has 0 aliphatic carbocycles. The zero-order valence-corrected chi connectivity index (χ0v) is 11.5. The maximum absolute atomic E-state index is 13.3. The number of nitrogens with two attached hydrogens (primary N) is 1. The predicted octanol–water partition coefficient (Wildman–Crippen LogP) is 3.33. The van der Waals surface area contributed by atoms with E-state index in [1.165, 1.54) is 24.3 Å². The predicted molar refractivity (Wildman–Crippen MR) is 76.4 cm³/mol. The van der Waals surface area contributed by atoms with Crippen molar-refractivity contribution in [2.45, 2.75) is 19.6 Å². The quantitative estimate of drug-likeness (QED) is 0.676. The Balaban J connectivity index is 2.12. The van der Waals surface area contributed by atoms with Crippen LogP contribution in [0, 0.1) is 15.9 Å². The molecule has 0 aromatic heterocycles. The van der Waals surface area contributed by atoms with E-state index in [-0.39, 0.29) is 18.3 Å². The number of ether oxygens (including phenoxy) is 1. The summed E-state index contributed by atoms with van der Waals surface area (Å²) in [5.41, 5.74) is 7.28. The summed E-state index contributed by atoms with van der Waals surface area (Å²) in [5.74, 6) is -0.0264. The summed E-state index contributed by atoms with van der Waals surface area (Å²) in [5, 5.41) is 10.6. The lowest BCUT2D eigenvalue weighted by atomic mass is 10.1. The van der Waals surface area contributed by atoms with Gasteiger partial charge in [-0.1, -0.05) is 6.07 Å². The van der Waals surface area contributed by atoms with E-state index in [4.69, 9.17) is 10.5 Å². The molecule has 1 atom stereocenters. The van der Waals surface area contributed by atoms with Gasteiger partial charge >= 0.3 is 0 Å². The lowest BCUT2D eigenvalue weighted by Crippen LogP contribution is -2.08. The minimum atomic E-state index is -0.467. The third-order valence-electron chi connectivity index (χ3n) is 3.01. The van der Waals surface area contributed by atoms with Crippen LogP contribution in [0.3, 0.4) is 0 Å². The minimum Gasteiger partial charge on any atom is -0.488 e. The van der Waals surface area contributed by atoms with Crippen molar-refractivity contribution < 1.29 is 14.1 Å². The maximum Gasteiger partial charge on any atom is 0.269 e. The molecule has 0 fully saturated rings. The van der Waals surface area contributed by atoms with E-state index >= 15 is 0 Å². The van der Waals surface area contributed by atoms with Crippen LogP contribution < -0.4 is 10.5 Å². The smallest absolute Gasteiger partial charge is 0.269 e. The average Bonchev–Trinajstić information content (AvgIpc) is 2.45. The van der Waals surface area contributed by atoms with Gasteiger partial charge in [-0.2, -0.15) is 0 Å². The Hall–Kier alpha value is -2.47. The first-order valence-corrected chi connectivity index (χ1v) is 6.38. The van der Waals surface area contributed by atoms with Crippen LogP contribution in [0.2, 0.25) is 0 Å². The van der Waals surface area contributed by atoms with Crippen molar-refractivity contribution in [3.8, 4) is 5.75 Å². The van der Waals surface area contributed by atoms with E-state index in [1.54, 1.807) is 25.1 Å². The molecule has 0 aliphatic heterocycles. The number of nitro benzene ring substituents is 1. The lowest BCUT2D eigenvalue weighted by Gasteiger charge is -2.14. The zero-order valence-electron chi connectivity index (χ0n) is 11.5. The molecule has 0 radical (unpaired) electrons. The highest BCUT2D eigenvalue weighted by Gasteiger charge is 2.10. The number of non-ortho nitro benzene ring substituents is 1. The monoisotopic (exact) mass is 290 g/mol. The second kappa shape index (κ2) is 6.32. The van der Waals surface area contributed by atoms with Crippen LogP contribution in [0.1, 0.15) is 24.1 Å². The summed E-state index contributed by atoms with van der Waals surface area (Å²) < 4.78 is 18.9. The largest absolute Gasteiger partial charge is 0.488 e. The van der Waals surface area contributed by atoms with E-state index in [0.717, 1.165) is 5.56 Å². The first kappa shape index (κ1) is 14.9. The Morgan fingerprint density at radius 2 is 1.95 bits per heavy atom. The van der Waals surface area contributed by atoms with Crippen molar-refractivity contribution in [1.29, 1.82) is 0 Å². The number of halogens is 1. The van der Waals surface area contributed by atoms with E-state index in [2.05, 4.69) is 0 Å².